The molecule has 0 spiro atoms. The SMILES string of the molecule is CCc1c(C)nc2nc(N(C)CCOC)nn2c1-c1ccc(Cl)cc1Cl. The maximum absolute atomic E-state index is 6.49. The highest BCUT2D eigenvalue weighted by Crippen LogP contribution is 2.34. The van der Waals surface area contributed by atoms with Crippen molar-refractivity contribution in [3.63, 3.8) is 0 Å². The summed E-state index contributed by atoms with van der Waals surface area (Å²) in [5.74, 6) is 1.13. The molecule has 0 saturated heterocycles. The Morgan fingerprint density at radius 2 is 2.00 bits per heavy atom. The summed E-state index contributed by atoms with van der Waals surface area (Å²) in [7, 11) is 3.60. The zero-order valence-corrected chi connectivity index (χ0v) is 16.8. The van der Waals surface area contributed by atoms with Gasteiger partial charge in [-0.2, -0.15) is 9.50 Å². The van der Waals surface area contributed by atoms with E-state index in [2.05, 4.69) is 22.0 Å². The van der Waals surface area contributed by atoms with Crippen molar-refractivity contribution in [2.75, 3.05) is 32.2 Å². The molecule has 2 aromatic heterocycles. The standard InChI is InChI=1S/C18H21Cl2N5O/c1-5-13-11(2)21-17-22-18(24(3)8-9-26-4)23-25(17)16(13)14-7-6-12(19)10-15(14)20/h6-7,10H,5,8-9H2,1-4H3. The van der Waals surface area contributed by atoms with Crippen LogP contribution in [0.1, 0.15) is 18.2 Å². The lowest BCUT2D eigenvalue weighted by atomic mass is 10.0. The summed E-state index contributed by atoms with van der Waals surface area (Å²) in [5.41, 5.74) is 3.76. The largest absolute Gasteiger partial charge is 0.383 e. The van der Waals surface area contributed by atoms with Gasteiger partial charge < -0.3 is 9.64 Å². The minimum Gasteiger partial charge on any atom is -0.383 e. The summed E-state index contributed by atoms with van der Waals surface area (Å²) in [4.78, 5) is 11.1. The highest BCUT2D eigenvalue weighted by atomic mass is 35.5. The van der Waals surface area contributed by atoms with Crippen LogP contribution in [0.4, 0.5) is 5.95 Å². The van der Waals surface area contributed by atoms with E-state index in [1.165, 1.54) is 0 Å². The first-order chi connectivity index (χ1) is 12.5. The number of hydrogen-bond donors (Lipinski definition) is 0. The Hall–Kier alpha value is -1.89. The van der Waals surface area contributed by atoms with Crippen LogP contribution >= 0.6 is 23.2 Å². The molecule has 0 aliphatic rings. The molecule has 8 heteroatoms. The molecule has 0 radical (unpaired) electrons. The topological polar surface area (TPSA) is 55.5 Å². The molecule has 0 unspecified atom stereocenters. The van der Waals surface area contributed by atoms with E-state index in [1.807, 2.05) is 31.0 Å². The van der Waals surface area contributed by atoms with Crippen LogP contribution in [0, 0.1) is 6.92 Å². The van der Waals surface area contributed by atoms with Gasteiger partial charge in [0.2, 0.25) is 5.95 Å². The van der Waals surface area contributed by atoms with Gasteiger partial charge in [0, 0.05) is 37.0 Å². The van der Waals surface area contributed by atoms with Gasteiger partial charge in [-0.1, -0.05) is 30.1 Å². The molecule has 0 saturated carbocycles. The number of rotatable bonds is 6. The lowest BCUT2D eigenvalue weighted by Gasteiger charge is -2.14. The van der Waals surface area contributed by atoms with Gasteiger partial charge in [0.05, 0.1) is 17.3 Å². The normalized spacial score (nSPS) is 11.3. The van der Waals surface area contributed by atoms with Crippen LogP contribution in [0.5, 0.6) is 0 Å². The van der Waals surface area contributed by atoms with Gasteiger partial charge in [-0.25, -0.2) is 4.98 Å². The Balaban J connectivity index is 2.23. The Morgan fingerprint density at radius 1 is 1.23 bits per heavy atom. The average molecular weight is 394 g/mol. The molecule has 0 fully saturated rings. The van der Waals surface area contributed by atoms with Gasteiger partial charge in [-0.05, 0) is 37.1 Å². The van der Waals surface area contributed by atoms with E-state index in [0.29, 0.717) is 34.9 Å². The third-order valence-electron chi connectivity index (χ3n) is 4.29. The van der Waals surface area contributed by atoms with Crippen molar-refractivity contribution in [2.45, 2.75) is 20.3 Å². The minimum absolute atomic E-state index is 0.542. The van der Waals surface area contributed by atoms with Gasteiger partial charge in [0.25, 0.3) is 5.78 Å². The van der Waals surface area contributed by atoms with Crippen LogP contribution in [0.3, 0.4) is 0 Å². The van der Waals surface area contributed by atoms with E-state index >= 15 is 0 Å². The number of anilines is 1. The second kappa shape index (κ2) is 7.78. The Bertz CT molecular complexity index is 941. The second-order valence-electron chi connectivity index (χ2n) is 6.04. The summed E-state index contributed by atoms with van der Waals surface area (Å²) in [6.07, 6.45) is 0.803. The summed E-state index contributed by atoms with van der Waals surface area (Å²) < 4.78 is 6.90. The lowest BCUT2D eigenvalue weighted by Crippen LogP contribution is -2.23. The number of aromatic nitrogens is 4. The van der Waals surface area contributed by atoms with Crippen molar-refractivity contribution in [1.82, 2.24) is 19.6 Å². The molecule has 3 rings (SSSR count). The summed E-state index contributed by atoms with van der Waals surface area (Å²) >= 11 is 12.6. The predicted molar refractivity (Wildman–Crippen MR) is 105 cm³/mol. The number of likely N-dealkylation sites (N-methyl/N-ethyl adjacent to an activating group) is 1. The number of hydrogen-bond acceptors (Lipinski definition) is 5. The number of halogens is 2. The van der Waals surface area contributed by atoms with Crippen LogP contribution in [0.25, 0.3) is 17.0 Å². The lowest BCUT2D eigenvalue weighted by molar-refractivity contribution is 0.206. The zero-order valence-electron chi connectivity index (χ0n) is 15.3. The Morgan fingerprint density at radius 3 is 2.65 bits per heavy atom. The van der Waals surface area contributed by atoms with Crippen LogP contribution in [-0.4, -0.2) is 46.9 Å². The number of nitrogens with zero attached hydrogens (tertiary/aromatic N) is 5. The van der Waals surface area contributed by atoms with Gasteiger partial charge in [-0.3, -0.25) is 0 Å². The fourth-order valence-electron chi connectivity index (χ4n) is 2.90. The number of aryl methyl sites for hydroxylation is 1. The number of ether oxygens (including phenoxy) is 1. The van der Waals surface area contributed by atoms with E-state index in [4.69, 9.17) is 27.9 Å². The fourth-order valence-corrected chi connectivity index (χ4v) is 3.40. The number of benzene rings is 1. The van der Waals surface area contributed by atoms with Crippen LogP contribution in [0.15, 0.2) is 18.2 Å². The molecule has 2 heterocycles. The molecule has 26 heavy (non-hydrogen) atoms. The first kappa shape index (κ1) is 18.9. The van der Waals surface area contributed by atoms with E-state index in [1.54, 1.807) is 17.7 Å². The first-order valence-electron chi connectivity index (χ1n) is 8.38. The molecule has 0 N–H and O–H groups in total. The number of methoxy groups -OCH3 is 1. The second-order valence-corrected chi connectivity index (χ2v) is 6.88. The molecular formula is C18H21Cl2N5O. The van der Waals surface area contributed by atoms with Crippen LogP contribution in [0.2, 0.25) is 10.0 Å². The Labute approximate surface area is 162 Å². The Kier molecular flexibility index (Phi) is 5.65. The summed E-state index contributed by atoms with van der Waals surface area (Å²) in [6, 6.07) is 5.47. The van der Waals surface area contributed by atoms with E-state index in [0.717, 1.165) is 28.9 Å². The smallest absolute Gasteiger partial charge is 0.254 e. The third-order valence-corrected chi connectivity index (χ3v) is 4.84. The highest BCUT2D eigenvalue weighted by Gasteiger charge is 2.20. The maximum Gasteiger partial charge on any atom is 0.254 e. The summed E-state index contributed by atoms with van der Waals surface area (Å²) in [5, 5.41) is 5.84. The molecule has 3 aromatic rings. The van der Waals surface area contributed by atoms with E-state index in [-0.39, 0.29) is 0 Å². The first-order valence-corrected chi connectivity index (χ1v) is 9.13. The predicted octanol–water partition coefficient (Wildman–Crippen LogP) is 4.05. The van der Waals surface area contributed by atoms with Crippen molar-refractivity contribution >= 4 is 34.9 Å². The molecule has 0 bridgehead atoms. The highest BCUT2D eigenvalue weighted by molar-refractivity contribution is 6.36. The van der Waals surface area contributed by atoms with Crippen molar-refractivity contribution in [1.29, 1.82) is 0 Å². The van der Waals surface area contributed by atoms with Crippen LogP contribution < -0.4 is 4.90 Å². The van der Waals surface area contributed by atoms with E-state index in [9.17, 15) is 0 Å². The molecule has 6 nitrogen and oxygen atoms in total. The van der Waals surface area contributed by atoms with Crippen LogP contribution in [-0.2, 0) is 11.2 Å². The van der Waals surface area contributed by atoms with Gasteiger partial charge >= 0.3 is 0 Å². The van der Waals surface area contributed by atoms with Crippen molar-refractivity contribution in [3.05, 3.63) is 39.5 Å². The monoisotopic (exact) mass is 393 g/mol. The molecule has 1 aromatic carbocycles. The van der Waals surface area contributed by atoms with Gasteiger partial charge in [0.1, 0.15) is 0 Å². The van der Waals surface area contributed by atoms with Crippen molar-refractivity contribution in [2.24, 2.45) is 0 Å². The minimum atomic E-state index is 0.542. The number of fused-ring (bicyclic) bond motifs is 1. The van der Waals surface area contributed by atoms with Crippen molar-refractivity contribution in [3.8, 4) is 11.3 Å². The molecular weight excluding hydrogens is 373 g/mol. The van der Waals surface area contributed by atoms with E-state index < -0.39 is 0 Å². The quantitative estimate of drug-likeness (QED) is 0.631. The zero-order chi connectivity index (χ0) is 18.8. The molecule has 138 valence electrons. The average Bonchev–Trinajstić information content (AvgIpc) is 3.02. The molecule has 0 amide bonds. The third kappa shape index (κ3) is 3.49. The van der Waals surface area contributed by atoms with Crippen molar-refractivity contribution < 1.29 is 4.74 Å². The van der Waals surface area contributed by atoms with Gasteiger partial charge in [-0.15, -0.1) is 5.10 Å². The molecule has 0 aliphatic carbocycles. The molecule has 0 atom stereocenters. The fraction of sp³-hybridized carbons (Fsp3) is 0.389. The van der Waals surface area contributed by atoms with Gasteiger partial charge in [0.15, 0.2) is 0 Å². The molecule has 0 aliphatic heterocycles. The maximum atomic E-state index is 6.49. The summed E-state index contributed by atoms with van der Waals surface area (Å²) in [6.45, 7) is 5.35.